The molecule has 1 aromatic rings. The van der Waals surface area contributed by atoms with E-state index in [4.69, 9.17) is 0 Å². The molecule has 1 aromatic heterocycles. The predicted molar refractivity (Wildman–Crippen MR) is 79.9 cm³/mol. The van der Waals surface area contributed by atoms with Crippen molar-refractivity contribution < 1.29 is 4.79 Å². The van der Waals surface area contributed by atoms with Gasteiger partial charge in [0.1, 0.15) is 4.60 Å². The molecule has 19 heavy (non-hydrogen) atoms. The Morgan fingerprint density at radius 2 is 2.47 bits per heavy atom. The molecule has 2 rings (SSSR count). The lowest BCUT2D eigenvalue weighted by Gasteiger charge is -2.28. The van der Waals surface area contributed by atoms with Crippen molar-refractivity contribution in [1.82, 2.24) is 10.3 Å². The Labute approximate surface area is 122 Å². The van der Waals surface area contributed by atoms with Crippen molar-refractivity contribution in [3.8, 4) is 0 Å². The van der Waals surface area contributed by atoms with Gasteiger partial charge in [-0.15, -0.1) is 0 Å². The number of hydrogen-bond acceptors (Lipinski definition) is 3. The van der Waals surface area contributed by atoms with E-state index in [9.17, 15) is 4.79 Å². The number of pyridine rings is 1. The standard InChI is InChI=1S/C14H20BrN3O/c1-10(11-3-2-6-16-8-11)7-14(19)18-12-4-5-13(15)17-9-12/h4-5,9-11,16H,2-3,6-8H2,1H3,(H,18,19). The Bertz CT molecular complexity index is 415. The van der Waals surface area contributed by atoms with E-state index in [-0.39, 0.29) is 5.91 Å². The third-order valence-electron chi connectivity index (χ3n) is 3.66. The second-order valence-corrected chi connectivity index (χ2v) is 6.02. The second kappa shape index (κ2) is 7.01. The molecule has 4 nitrogen and oxygen atoms in total. The van der Waals surface area contributed by atoms with Gasteiger partial charge < -0.3 is 10.6 Å². The van der Waals surface area contributed by atoms with Gasteiger partial charge in [0.25, 0.3) is 0 Å². The second-order valence-electron chi connectivity index (χ2n) is 5.21. The van der Waals surface area contributed by atoms with Crippen LogP contribution in [0, 0.1) is 11.8 Å². The molecule has 104 valence electrons. The molecule has 2 heterocycles. The summed E-state index contributed by atoms with van der Waals surface area (Å²) in [5.41, 5.74) is 0.752. The zero-order valence-corrected chi connectivity index (χ0v) is 12.7. The molecular formula is C14H20BrN3O. The van der Waals surface area contributed by atoms with Crippen molar-refractivity contribution in [2.45, 2.75) is 26.2 Å². The van der Waals surface area contributed by atoms with E-state index < -0.39 is 0 Å². The topological polar surface area (TPSA) is 54.0 Å². The first-order valence-corrected chi connectivity index (χ1v) is 7.56. The van der Waals surface area contributed by atoms with Crippen molar-refractivity contribution in [3.63, 3.8) is 0 Å². The highest BCUT2D eigenvalue weighted by molar-refractivity contribution is 9.10. The van der Waals surface area contributed by atoms with E-state index in [1.54, 1.807) is 6.20 Å². The molecule has 1 amide bonds. The number of aromatic nitrogens is 1. The highest BCUT2D eigenvalue weighted by Gasteiger charge is 2.21. The fourth-order valence-electron chi connectivity index (χ4n) is 2.49. The van der Waals surface area contributed by atoms with E-state index in [0.29, 0.717) is 18.3 Å². The lowest BCUT2D eigenvalue weighted by molar-refractivity contribution is -0.117. The minimum atomic E-state index is 0.0715. The molecule has 0 radical (unpaired) electrons. The van der Waals surface area contributed by atoms with Gasteiger partial charge in [-0.2, -0.15) is 0 Å². The lowest BCUT2D eigenvalue weighted by Crippen LogP contribution is -2.34. The maximum Gasteiger partial charge on any atom is 0.224 e. The maximum atomic E-state index is 12.0. The van der Waals surface area contributed by atoms with Gasteiger partial charge in [-0.3, -0.25) is 4.79 Å². The van der Waals surface area contributed by atoms with Crippen LogP contribution in [-0.2, 0) is 4.79 Å². The fourth-order valence-corrected chi connectivity index (χ4v) is 2.72. The van der Waals surface area contributed by atoms with Gasteiger partial charge in [-0.1, -0.05) is 6.92 Å². The lowest BCUT2D eigenvalue weighted by atomic mass is 9.85. The van der Waals surface area contributed by atoms with E-state index in [1.807, 2.05) is 12.1 Å². The monoisotopic (exact) mass is 325 g/mol. The van der Waals surface area contributed by atoms with E-state index >= 15 is 0 Å². The van der Waals surface area contributed by atoms with Gasteiger partial charge in [-0.05, 0) is 65.8 Å². The minimum Gasteiger partial charge on any atom is -0.325 e. The number of carbonyl (C=O) groups excluding carboxylic acids is 1. The van der Waals surface area contributed by atoms with Crippen molar-refractivity contribution in [1.29, 1.82) is 0 Å². The third-order valence-corrected chi connectivity index (χ3v) is 4.13. The normalized spacial score (nSPS) is 20.8. The largest absolute Gasteiger partial charge is 0.325 e. The Hall–Kier alpha value is -0.940. The van der Waals surface area contributed by atoms with Crippen LogP contribution in [0.15, 0.2) is 22.9 Å². The molecule has 0 aromatic carbocycles. The summed E-state index contributed by atoms with van der Waals surface area (Å²) < 4.78 is 0.771. The van der Waals surface area contributed by atoms with E-state index in [0.717, 1.165) is 23.4 Å². The van der Waals surface area contributed by atoms with Crippen LogP contribution in [0.2, 0.25) is 0 Å². The van der Waals surface area contributed by atoms with Gasteiger partial charge >= 0.3 is 0 Å². The summed E-state index contributed by atoms with van der Waals surface area (Å²) in [6.07, 6.45) is 4.67. The molecule has 0 saturated carbocycles. The molecule has 1 saturated heterocycles. The molecule has 2 N–H and O–H groups in total. The van der Waals surface area contributed by atoms with E-state index in [1.165, 1.54) is 12.8 Å². The first-order valence-electron chi connectivity index (χ1n) is 6.77. The third kappa shape index (κ3) is 4.58. The summed E-state index contributed by atoms with van der Waals surface area (Å²) in [7, 11) is 0. The van der Waals surface area contributed by atoms with Crippen molar-refractivity contribution >= 4 is 27.5 Å². The van der Waals surface area contributed by atoms with Crippen LogP contribution in [0.1, 0.15) is 26.2 Å². The molecule has 1 aliphatic rings. The quantitative estimate of drug-likeness (QED) is 0.837. The number of carbonyl (C=O) groups is 1. The number of hydrogen-bond donors (Lipinski definition) is 2. The Balaban J connectivity index is 1.81. The number of piperidine rings is 1. The first kappa shape index (κ1) is 14.5. The zero-order chi connectivity index (χ0) is 13.7. The summed E-state index contributed by atoms with van der Waals surface area (Å²) in [6, 6.07) is 3.67. The highest BCUT2D eigenvalue weighted by Crippen LogP contribution is 2.23. The Kier molecular flexibility index (Phi) is 5.34. The fraction of sp³-hybridized carbons (Fsp3) is 0.571. The average Bonchev–Trinajstić information content (AvgIpc) is 2.42. The van der Waals surface area contributed by atoms with Gasteiger partial charge in [0, 0.05) is 6.42 Å². The number of nitrogens with zero attached hydrogens (tertiary/aromatic N) is 1. The molecule has 1 fully saturated rings. The maximum absolute atomic E-state index is 12.0. The molecule has 2 unspecified atom stereocenters. The Morgan fingerprint density at radius 1 is 1.63 bits per heavy atom. The highest BCUT2D eigenvalue weighted by atomic mass is 79.9. The SMILES string of the molecule is CC(CC(=O)Nc1ccc(Br)nc1)C1CCCNC1. The van der Waals surface area contributed by atoms with Gasteiger partial charge in [-0.25, -0.2) is 4.98 Å². The van der Waals surface area contributed by atoms with Gasteiger partial charge in [0.05, 0.1) is 11.9 Å². The van der Waals surface area contributed by atoms with Crippen LogP contribution < -0.4 is 10.6 Å². The van der Waals surface area contributed by atoms with Crippen LogP contribution in [0.4, 0.5) is 5.69 Å². The van der Waals surface area contributed by atoms with Crippen molar-refractivity contribution in [3.05, 3.63) is 22.9 Å². The summed E-state index contributed by atoms with van der Waals surface area (Å²) in [5, 5.41) is 6.29. The van der Waals surface area contributed by atoms with Crippen molar-refractivity contribution in [2.75, 3.05) is 18.4 Å². The van der Waals surface area contributed by atoms with Crippen LogP contribution in [0.3, 0.4) is 0 Å². The summed E-state index contributed by atoms with van der Waals surface area (Å²) >= 11 is 3.27. The van der Waals surface area contributed by atoms with Gasteiger partial charge in [0.2, 0.25) is 5.91 Å². The minimum absolute atomic E-state index is 0.0715. The molecule has 0 spiro atoms. The summed E-state index contributed by atoms with van der Waals surface area (Å²) in [6.45, 7) is 4.31. The molecule has 0 aliphatic carbocycles. The molecule has 2 atom stereocenters. The first-order chi connectivity index (χ1) is 9.15. The van der Waals surface area contributed by atoms with Crippen LogP contribution in [0.25, 0.3) is 0 Å². The number of anilines is 1. The molecular weight excluding hydrogens is 306 g/mol. The molecule has 5 heteroatoms. The smallest absolute Gasteiger partial charge is 0.224 e. The molecule has 0 bridgehead atoms. The average molecular weight is 326 g/mol. The zero-order valence-electron chi connectivity index (χ0n) is 11.2. The predicted octanol–water partition coefficient (Wildman–Crippen LogP) is 2.81. The van der Waals surface area contributed by atoms with E-state index in [2.05, 4.69) is 38.5 Å². The van der Waals surface area contributed by atoms with Crippen molar-refractivity contribution in [2.24, 2.45) is 11.8 Å². The summed E-state index contributed by atoms with van der Waals surface area (Å²) in [5.74, 6) is 1.10. The van der Waals surface area contributed by atoms with Crippen LogP contribution >= 0.6 is 15.9 Å². The molecule has 1 aliphatic heterocycles. The van der Waals surface area contributed by atoms with Crippen LogP contribution in [0.5, 0.6) is 0 Å². The number of nitrogens with one attached hydrogen (secondary N) is 2. The number of rotatable bonds is 4. The number of halogens is 1. The Morgan fingerprint density at radius 3 is 3.11 bits per heavy atom. The van der Waals surface area contributed by atoms with Gasteiger partial charge in [0.15, 0.2) is 0 Å². The summed E-state index contributed by atoms with van der Waals surface area (Å²) in [4.78, 5) is 16.1. The number of amides is 1. The van der Waals surface area contributed by atoms with Crippen LogP contribution in [-0.4, -0.2) is 24.0 Å².